The Balaban J connectivity index is 1.85. The number of hydrogen-bond acceptors (Lipinski definition) is 2. The van der Waals surface area contributed by atoms with Gasteiger partial charge in [0.25, 0.3) is 0 Å². The SMILES string of the molecule is O=C(O)c1ccc(N2CCCC2C2CCCC2)c(Cl)c1. The van der Waals surface area contributed by atoms with Crippen molar-refractivity contribution in [3.8, 4) is 0 Å². The van der Waals surface area contributed by atoms with Crippen LogP contribution in [-0.4, -0.2) is 23.7 Å². The maximum absolute atomic E-state index is 11.0. The zero-order chi connectivity index (χ0) is 14.1. The van der Waals surface area contributed by atoms with Crippen LogP contribution >= 0.6 is 11.6 Å². The van der Waals surface area contributed by atoms with Crippen LogP contribution in [0.3, 0.4) is 0 Å². The zero-order valence-electron chi connectivity index (χ0n) is 11.5. The second-order valence-electron chi connectivity index (χ2n) is 5.92. The predicted molar refractivity (Wildman–Crippen MR) is 80.7 cm³/mol. The third-order valence-electron chi connectivity index (χ3n) is 4.75. The molecule has 4 heteroatoms. The van der Waals surface area contributed by atoms with Crippen LogP contribution in [0.4, 0.5) is 5.69 Å². The van der Waals surface area contributed by atoms with Gasteiger partial charge in [-0.3, -0.25) is 0 Å². The first-order valence-corrected chi connectivity index (χ1v) is 7.84. The van der Waals surface area contributed by atoms with E-state index in [1.165, 1.54) is 38.5 Å². The lowest BCUT2D eigenvalue weighted by Gasteiger charge is -2.32. The summed E-state index contributed by atoms with van der Waals surface area (Å²) in [5, 5.41) is 9.58. The molecule has 0 aromatic heterocycles. The molecule has 2 aliphatic rings. The largest absolute Gasteiger partial charge is 0.478 e. The van der Waals surface area contributed by atoms with Gasteiger partial charge in [-0.15, -0.1) is 0 Å². The molecule has 0 spiro atoms. The van der Waals surface area contributed by atoms with Crippen LogP contribution in [0.25, 0.3) is 0 Å². The summed E-state index contributed by atoms with van der Waals surface area (Å²) in [7, 11) is 0. The molecular weight excluding hydrogens is 274 g/mol. The second-order valence-corrected chi connectivity index (χ2v) is 6.33. The lowest BCUT2D eigenvalue weighted by molar-refractivity contribution is 0.0697. The van der Waals surface area contributed by atoms with Crippen LogP contribution in [0.2, 0.25) is 5.02 Å². The van der Waals surface area contributed by atoms with Crippen molar-refractivity contribution < 1.29 is 9.90 Å². The minimum absolute atomic E-state index is 0.260. The van der Waals surface area contributed by atoms with E-state index < -0.39 is 5.97 Å². The number of anilines is 1. The summed E-state index contributed by atoms with van der Waals surface area (Å²) in [6, 6.07) is 5.70. The molecule has 1 aromatic rings. The maximum Gasteiger partial charge on any atom is 0.335 e. The van der Waals surface area contributed by atoms with Crippen LogP contribution in [-0.2, 0) is 0 Å². The molecule has 20 heavy (non-hydrogen) atoms. The molecule has 1 N–H and O–H groups in total. The molecule has 1 saturated carbocycles. The summed E-state index contributed by atoms with van der Waals surface area (Å²) in [6.45, 7) is 1.04. The van der Waals surface area contributed by atoms with Crippen LogP contribution in [0.1, 0.15) is 48.9 Å². The van der Waals surface area contributed by atoms with E-state index in [9.17, 15) is 4.79 Å². The molecule has 3 rings (SSSR count). The fourth-order valence-electron chi connectivity index (χ4n) is 3.80. The number of carbonyl (C=O) groups is 1. The number of halogens is 1. The minimum Gasteiger partial charge on any atom is -0.478 e. The monoisotopic (exact) mass is 293 g/mol. The van der Waals surface area contributed by atoms with Crippen molar-refractivity contribution in [2.24, 2.45) is 5.92 Å². The van der Waals surface area contributed by atoms with Gasteiger partial charge in [0.15, 0.2) is 0 Å². The van der Waals surface area contributed by atoms with Gasteiger partial charge in [-0.1, -0.05) is 24.4 Å². The number of rotatable bonds is 3. The van der Waals surface area contributed by atoms with E-state index in [0.717, 1.165) is 18.2 Å². The van der Waals surface area contributed by atoms with Gasteiger partial charge in [-0.2, -0.15) is 0 Å². The molecule has 3 nitrogen and oxygen atoms in total. The van der Waals surface area contributed by atoms with Gasteiger partial charge in [0.05, 0.1) is 16.3 Å². The maximum atomic E-state index is 11.0. The first-order valence-electron chi connectivity index (χ1n) is 7.46. The summed E-state index contributed by atoms with van der Waals surface area (Å²) < 4.78 is 0. The van der Waals surface area contributed by atoms with Gasteiger partial charge in [0.1, 0.15) is 0 Å². The molecule has 1 aromatic carbocycles. The number of aromatic carboxylic acids is 1. The smallest absolute Gasteiger partial charge is 0.335 e. The molecule has 0 amide bonds. The van der Waals surface area contributed by atoms with Crippen LogP contribution in [0.15, 0.2) is 18.2 Å². The van der Waals surface area contributed by atoms with E-state index in [2.05, 4.69) is 4.90 Å². The van der Waals surface area contributed by atoms with Crippen molar-refractivity contribution in [1.82, 2.24) is 0 Å². The highest BCUT2D eigenvalue weighted by Crippen LogP contribution is 2.40. The molecular formula is C16H20ClNO2. The van der Waals surface area contributed by atoms with Crippen molar-refractivity contribution in [2.75, 3.05) is 11.4 Å². The lowest BCUT2D eigenvalue weighted by Crippen LogP contribution is -2.34. The summed E-state index contributed by atoms with van der Waals surface area (Å²) in [5.74, 6) is -0.139. The van der Waals surface area contributed by atoms with Gasteiger partial charge < -0.3 is 10.0 Å². The highest BCUT2D eigenvalue weighted by Gasteiger charge is 2.34. The first-order chi connectivity index (χ1) is 9.66. The molecule has 0 radical (unpaired) electrons. The van der Waals surface area contributed by atoms with Crippen molar-refractivity contribution in [2.45, 2.75) is 44.6 Å². The van der Waals surface area contributed by atoms with E-state index >= 15 is 0 Å². The number of hydrogen-bond donors (Lipinski definition) is 1. The molecule has 1 atom stereocenters. The molecule has 1 unspecified atom stereocenters. The molecule has 1 heterocycles. The number of benzene rings is 1. The summed E-state index contributed by atoms with van der Waals surface area (Å²) in [6.07, 6.45) is 7.79. The van der Waals surface area contributed by atoms with Crippen molar-refractivity contribution in [1.29, 1.82) is 0 Å². The van der Waals surface area contributed by atoms with Crippen molar-refractivity contribution in [3.05, 3.63) is 28.8 Å². The number of carboxylic acids is 1. The summed E-state index contributed by atoms with van der Waals surface area (Å²) in [5.41, 5.74) is 1.27. The first kappa shape index (κ1) is 13.7. The minimum atomic E-state index is -0.924. The predicted octanol–water partition coefficient (Wildman–Crippen LogP) is 4.20. The second kappa shape index (κ2) is 5.65. The standard InChI is InChI=1S/C16H20ClNO2/c17-13-10-12(16(19)20)7-8-15(13)18-9-3-6-14(18)11-4-1-2-5-11/h7-8,10-11,14H,1-6,9H2,(H,19,20). The van der Waals surface area contributed by atoms with Gasteiger partial charge in [0.2, 0.25) is 0 Å². The highest BCUT2D eigenvalue weighted by atomic mass is 35.5. The van der Waals surface area contributed by atoms with Gasteiger partial charge in [-0.05, 0) is 49.8 Å². The Bertz CT molecular complexity index is 511. The average Bonchev–Trinajstić information content (AvgIpc) is 3.09. The topological polar surface area (TPSA) is 40.5 Å². The lowest BCUT2D eigenvalue weighted by atomic mass is 9.95. The molecule has 108 valence electrons. The van der Waals surface area contributed by atoms with E-state index in [4.69, 9.17) is 16.7 Å². The van der Waals surface area contributed by atoms with E-state index in [0.29, 0.717) is 11.1 Å². The highest BCUT2D eigenvalue weighted by molar-refractivity contribution is 6.33. The Hall–Kier alpha value is -1.22. The van der Waals surface area contributed by atoms with Crippen molar-refractivity contribution >= 4 is 23.3 Å². The Morgan fingerprint density at radius 1 is 1.20 bits per heavy atom. The van der Waals surface area contributed by atoms with Crippen LogP contribution < -0.4 is 4.90 Å². The Morgan fingerprint density at radius 3 is 2.60 bits per heavy atom. The van der Waals surface area contributed by atoms with Gasteiger partial charge >= 0.3 is 5.97 Å². The Labute approximate surface area is 124 Å². The molecule has 1 aliphatic heterocycles. The molecule has 1 saturated heterocycles. The summed E-state index contributed by atoms with van der Waals surface area (Å²) in [4.78, 5) is 13.4. The van der Waals surface area contributed by atoms with Crippen LogP contribution in [0.5, 0.6) is 0 Å². The molecule has 1 aliphatic carbocycles. The van der Waals surface area contributed by atoms with E-state index in [-0.39, 0.29) is 5.56 Å². The molecule has 0 bridgehead atoms. The number of nitrogens with zero attached hydrogens (tertiary/aromatic N) is 1. The third kappa shape index (κ3) is 2.51. The van der Waals surface area contributed by atoms with E-state index in [1.807, 2.05) is 6.07 Å². The zero-order valence-corrected chi connectivity index (χ0v) is 12.3. The van der Waals surface area contributed by atoms with Crippen molar-refractivity contribution in [3.63, 3.8) is 0 Å². The normalized spacial score (nSPS) is 23.4. The van der Waals surface area contributed by atoms with Gasteiger partial charge in [0, 0.05) is 12.6 Å². The Morgan fingerprint density at radius 2 is 1.95 bits per heavy atom. The third-order valence-corrected chi connectivity index (χ3v) is 5.05. The number of carboxylic acid groups (broad SMARTS) is 1. The van der Waals surface area contributed by atoms with Crippen LogP contribution in [0, 0.1) is 5.92 Å². The Kier molecular flexibility index (Phi) is 3.88. The van der Waals surface area contributed by atoms with E-state index in [1.54, 1.807) is 12.1 Å². The average molecular weight is 294 g/mol. The fraction of sp³-hybridized carbons (Fsp3) is 0.562. The fourth-order valence-corrected chi connectivity index (χ4v) is 4.09. The summed E-state index contributed by atoms with van der Waals surface area (Å²) >= 11 is 6.32. The molecule has 2 fully saturated rings. The van der Waals surface area contributed by atoms with Gasteiger partial charge in [-0.25, -0.2) is 4.79 Å². The quantitative estimate of drug-likeness (QED) is 0.908.